The molecule has 0 saturated heterocycles. The first-order valence-corrected chi connectivity index (χ1v) is 18.1. The van der Waals surface area contributed by atoms with Crippen molar-refractivity contribution in [2.45, 2.75) is 39.5 Å². The van der Waals surface area contributed by atoms with Gasteiger partial charge in [0, 0.05) is 11.4 Å². The van der Waals surface area contributed by atoms with Crippen molar-refractivity contribution in [1.29, 1.82) is 0 Å². The van der Waals surface area contributed by atoms with Gasteiger partial charge in [-0.05, 0) is 92.2 Å². The molecule has 1 aliphatic heterocycles. The molecular formula is C18H24Cl4N5P3. The number of hydrogen-bond donors (Lipinski definition) is 2. The van der Waals surface area contributed by atoms with Crippen molar-refractivity contribution in [1.82, 2.24) is 0 Å². The minimum Gasteiger partial charge on any atom is -0.319 e. The smallest absolute Gasteiger partial charge is 0.266 e. The molecule has 0 unspecified atom stereocenters. The van der Waals surface area contributed by atoms with Gasteiger partial charge in [-0.2, -0.15) is 13.5 Å². The second-order valence-electron chi connectivity index (χ2n) is 7.56. The molecule has 2 aromatic rings. The molecule has 0 saturated carbocycles. The van der Waals surface area contributed by atoms with Gasteiger partial charge in [-0.15, -0.1) is 0 Å². The Morgan fingerprint density at radius 1 is 0.600 bits per heavy atom. The van der Waals surface area contributed by atoms with Crippen molar-refractivity contribution in [3.8, 4) is 0 Å². The molecule has 5 nitrogen and oxygen atoms in total. The maximum atomic E-state index is 6.40. The van der Waals surface area contributed by atoms with Crippen LogP contribution in [0.15, 0.2) is 62.1 Å². The molecule has 0 atom stereocenters. The number of nitrogens with one attached hydrogen (secondary N) is 2. The molecule has 0 aromatic heterocycles. The van der Waals surface area contributed by atoms with Crippen LogP contribution in [0.2, 0.25) is 0 Å². The molecule has 0 fully saturated rings. The molecule has 1 aliphatic rings. The molecule has 0 amide bonds. The lowest BCUT2D eigenvalue weighted by Gasteiger charge is -2.29. The van der Waals surface area contributed by atoms with E-state index in [9.17, 15) is 0 Å². The third-order valence-corrected chi connectivity index (χ3v) is 15.9. The summed E-state index contributed by atoms with van der Waals surface area (Å²) in [6, 6.07) is 16.1. The molecule has 0 aliphatic carbocycles. The Kier molecular flexibility index (Phi) is 7.69. The Labute approximate surface area is 197 Å². The monoisotopic (exact) mass is 543 g/mol. The van der Waals surface area contributed by atoms with Crippen molar-refractivity contribution < 1.29 is 0 Å². The fraction of sp³-hybridized carbons (Fsp3) is 0.333. The van der Waals surface area contributed by atoms with Crippen LogP contribution >= 0.6 is 64.3 Å². The van der Waals surface area contributed by atoms with Gasteiger partial charge >= 0.3 is 0 Å². The van der Waals surface area contributed by atoms with E-state index in [1.165, 1.54) is 11.1 Å². The van der Waals surface area contributed by atoms with Crippen LogP contribution in [0.25, 0.3) is 0 Å². The fourth-order valence-corrected chi connectivity index (χ4v) is 17.9. The molecule has 0 radical (unpaired) electrons. The van der Waals surface area contributed by atoms with Crippen molar-refractivity contribution in [3.05, 3.63) is 59.7 Å². The van der Waals surface area contributed by atoms with E-state index in [2.05, 4.69) is 75.7 Å². The van der Waals surface area contributed by atoms with Crippen LogP contribution in [0.1, 0.15) is 50.7 Å². The summed E-state index contributed by atoms with van der Waals surface area (Å²) in [6.45, 7) is 8.58. The van der Waals surface area contributed by atoms with Crippen LogP contribution in [0.5, 0.6) is 0 Å². The second-order valence-corrected chi connectivity index (χ2v) is 19.9. The lowest BCUT2D eigenvalue weighted by atomic mass is 10.0. The normalized spacial score (nSPS) is 18.9. The summed E-state index contributed by atoms with van der Waals surface area (Å²) < 4.78 is 13.3. The largest absolute Gasteiger partial charge is 0.319 e. The van der Waals surface area contributed by atoms with Gasteiger partial charge in [0.05, 0.1) is 0 Å². The van der Waals surface area contributed by atoms with Gasteiger partial charge in [0.15, 0.2) is 0 Å². The Bertz CT molecular complexity index is 1000. The van der Waals surface area contributed by atoms with E-state index in [0.717, 1.165) is 11.4 Å². The lowest BCUT2D eigenvalue weighted by molar-refractivity contribution is 0.867. The zero-order chi connectivity index (χ0) is 22.2. The highest BCUT2D eigenvalue weighted by molar-refractivity contribution is 8.21. The van der Waals surface area contributed by atoms with Gasteiger partial charge in [0.2, 0.25) is 0 Å². The van der Waals surface area contributed by atoms with Crippen LogP contribution in [0.3, 0.4) is 0 Å². The Balaban J connectivity index is 2.05. The highest BCUT2D eigenvalue weighted by atomic mass is 35.9. The van der Waals surface area contributed by atoms with E-state index in [1.54, 1.807) is 0 Å². The minimum absolute atomic E-state index is 0.428. The van der Waals surface area contributed by atoms with E-state index in [0.29, 0.717) is 11.8 Å². The first-order chi connectivity index (χ1) is 13.9. The summed E-state index contributed by atoms with van der Waals surface area (Å²) in [5, 5.41) is 6.76. The summed E-state index contributed by atoms with van der Waals surface area (Å²) in [5.41, 5.74) is 4.08. The Hall–Kier alpha value is -0.110. The summed E-state index contributed by atoms with van der Waals surface area (Å²) in [4.78, 5) is 0. The van der Waals surface area contributed by atoms with E-state index in [4.69, 9.17) is 45.0 Å². The van der Waals surface area contributed by atoms with Crippen LogP contribution < -0.4 is 10.2 Å². The third kappa shape index (κ3) is 6.46. The van der Waals surface area contributed by atoms with Crippen LogP contribution in [-0.2, 0) is 0 Å². The first-order valence-electron chi connectivity index (χ1n) is 9.35. The van der Waals surface area contributed by atoms with Gasteiger partial charge in [0.25, 0.3) is 19.3 Å². The number of rotatable bonds is 6. The average Bonchev–Trinajstić information content (AvgIpc) is 2.59. The second kappa shape index (κ2) is 9.40. The van der Waals surface area contributed by atoms with Gasteiger partial charge in [-0.25, -0.2) is 0 Å². The maximum absolute atomic E-state index is 6.40. The predicted molar refractivity (Wildman–Crippen MR) is 140 cm³/mol. The highest BCUT2D eigenvalue weighted by Gasteiger charge is 2.34. The number of benzene rings is 2. The fourth-order valence-electron chi connectivity index (χ4n) is 2.86. The van der Waals surface area contributed by atoms with Crippen molar-refractivity contribution in [3.63, 3.8) is 0 Å². The molecule has 0 spiro atoms. The SMILES string of the molecule is CC(C)c1ccc(NP2(Nc3ccc(C(C)C)cc3)=NP(Cl)(Cl)=NP(Cl)(Cl)=N2)cc1. The zero-order valence-corrected chi connectivity index (χ0v) is 22.7. The molecule has 2 aromatic carbocycles. The molecule has 3 rings (SSSR count). The van der Waals surface area contributed by atoms with Crippen LogP contribution in [0.4, 0.5) is 11.4 Å². The Morgan fingerprint density at radius 3 is 1.30 bits per heavy atom. The number of anilines is 2. The van der Waals surface area contributed by atoms with Crippen LogP contribution in [0, 0.1) is 0 Å². The topological polar surface area (TPSA) is 61.1 Å². The predicted octanol–water partition coefficient (Wildman–Crippen LogP) is 11.3. The third-order valence-electron chi connectivity index (χ3n) is 4.41. The van der Waals surface area contributed by atoms with E-state index >= 15 is 0 Å². The summed E-state index contributed by atoms with van der Waals surface area (Å²) in [5.74, 6) is -5.33. The van der Waals surface area contributed by atoms with Gasteiger partial charge < -0.3 is 10.2 Å². The van der Waals surface area contributed by atoms with Crippen molar-refractivity contribution >= 4 is 75.7 Å². The van der Waals surface area contributed by atoms with E-state index in [1.807, 2.05) is 24.3 Å². The van der Waals surface area contributed by atoms with E-state index in [-0.39, 0.29) is 0 Å². The van der Waals surface area contributed by atoms with Crippen molar-refractivity contribution in [2.75, 3.05) is 10.2 Å². The number of hydrogen-bond acceptors (Lipinski definition) is 5. The minimum atomic E-state index is -3.09. The quantitative estimate of drug-likeness (QED) is 0.355. The molecule has 0 bridgehead atoms. The summed E-state index contributed by atoms with van der Waals surface area (Å²) in [7, 11) is -2.93. The number of halogens is 4. The standard InChI is InChI=1S/C18H24Cl4N5P3/c1-13(2)15-5-9-17(10-6-15)23-30(26-28(19,20)25-29(21,22)27-30)24-18-11-7-16(8-12-18)14(3)4/h5-14,23-24H,1-4H3. The first kappa shape index (κ1) is 24.5. The number of nitrogens with zero attached hydrogens (tertiary/aromatic N) is 3. The lowest BCUT2D eigenvalue weighted by Crippen LogP contribution is -2.06. The summed E-state index contributed by atoms with van der Waals surface area (Å²) in [6.07, 6.45) is 0. The van der Waals surface area contributed by atoms with E-state index < -0.39 is 19.3 Å². The zero-order valence-electron chi connectivity index (χ0n) is 17.0. The highest BCUT2D eigenvalue weighted by Crippen LogP contribution is 2.84. The van der Waals surface area contributed by atoms with Gasteiger partial charge in [0.1, 0.15) is 0 Å². The molecule has 30 heavy (non-hydrogen) atoms. The molecule has 2 N–H and O–H groups in total. The maximum Gasteiger partial charge on any atom is 0.266 e. The summed E-state index contributed by atoms with van der Waals surface area (Å²) >= 11 is 25.6. The molecule has 12 heteroatoms. The molecule has 164 valence electrons. The van der Waals surface area contributed by atoms with Crippen LogP contribution in [-0.4, -0.2) is 0 Å². The Morgan fingerprint density at radius 2 is 0.967 bits per heavy atom. The van der Waals surface area contributed by atoms with Gasteiger partial charge in [-0.1, -0.05) is 52.0 Å². The molecule has 1 heterocycles. The van der Waals surface area contributed by atoms with Crippen molar-refractivity contribution in [2.24, 2.45) is 13.5 Å². The average molecular weight is 545 g/mol. The molecular weight excluding hydrogens is 521 g/mol. The van der Waals surface area contributed by atoms with Gasteiger partial charge in [-0.3, -0.25) is 0 Å².